The number of aryl methyl sites for hydroxylation is 2. The molecule has 1 N–H and O–H groups in total. The van der Waals surface area contributed by atoms with Crippen LogP contribution >= 0.6 is 11.3 Å². The van der Waals surface area contributed by atoms with E-state index in [1.807, 2.05) is 13.8 Å². The van der Waals surface area contributed by atoms with Crippen LogP contribution in [0.15, 0.2) is 33.7 Å². The molecule has 0 spiro atoms. The fourth-order valence-electron chi connectivity index (χ4n) is 4.12. The minimum atomic E-state index is -3.44. The number of likely N-dealkylation sites (tertiary alicyclic amines) is 1. The van der Waals surface area contributed by atoms with Crippen molar-refractivity contribution < 1.29 is 17.3 Å². The van der Waals surface area contributed by atoms with Crippen LogP contribution in [0.1, 0.15) is 40.6 Å². The number of nitrogens with one attached hydrogen (secondary N) is 1. The number of benzene rings is 1. The van der Waals surface area contributed by atoms with Gasteiger partial charge < -0.3 is 9.42 Å². The predicted molar refractivity (Wildman–Crippen MR) is 116 cm³/mol. The molecule has 0 radical (unpaired) electrons. The standard InChI is InChI=1S/C21H26FN3O3S2/c1-14-12-20(15(2)29-14)30(26,27)23-8-3-9-25-10-6-16(7-11-25)21-18-5-4-17(22)13-19(18)28-24-21/h4-5,12-13,16,23H,3,6-11H2,1-2H3. The molecule has 1 aromatic carbocycles. The van der Waals surface area contributed by atoms with E-state index in [2.05, 4.69) is 14.8 Å². The quantitative estimate of drug-likeness (QED) is 0.545. The molecule has 0 saturated carbocycles. The minimum Gasteiger partial charge on any atom is -0.356 e. The van der Waals surface area contributed by atoms with E-state index in [0.29, 0.717) is 22.9 Å². The molecule has 0 atom stereocenters. The Kier molecular flexibility index (Phi) is 6.24. The summed E-state index contributed by atoms with van der Waals surface area (Å²) in [6.45, 7) is 6.88. The van der Waals surface area contributed by atoms with Crippen molar-refractivity contribution in [3.8, 4) is 0 Å². The maximum Gasteiger partial charge on any atom is 0.241 e. The molecule has 1 saturated heterocycles. The van der Waals surface area contributed by atoms with Gasteiger partial charge in [0.15, 0.2) is 5.58 Å². The van der Waals surface area contributed by atoms with E-state index >= 15 is 0 Å². The topological polar surface area (TPSA) is 75.4 Å². The van der Waals surface area contributed by atoms with Gasteiger partial charge in [-0.25, -0.2) is 17.5 Å². The Morgan fingerprint density at radius 2 is 2.03 bits per heavy atom. The molecule has 9 heteroatoms. The van der Waals surface area contributed by atoms with Gasteiger partial charge in [-0.3, -0.25) is 0 Å². The van der Waals surface area contributed by atoms with Gasteiger partial charge in [-0.2, -0.15) is 0 Å². The van der Waals surface area contributed by atoms with Crippen molar-refractivity contribution in [2.24, 2.45) is 0 Å². The summed E-state index contributed by atoms with van der Waals surface area (Å²) in [6, 6.07) is 6.29. The van der Waals surface area contributed by atoms with E-state index in [1.165, 1.54) is 23.5 Å². The molecular weight excluding hydrogens is 425 g/mol. The Bertz CT molecular complexity index is 1130. The fourth-order valence-corrected chi connectivity index (χ4v) is 6.74. The van der Waals surface area contributed by atoms with Crippen LogP contribution in [0.5, 0.6) is 0 Å². The normalized spacial score (nSPS) is 16.5. The summed E-state index contributed by atoms with van der Waals surface area (Å²) in [5.41, 5.74) is 1.41. The lowest BCUT2D eigenvalue weighted by Gasteiger charge is -2.31. The highest BCUT2D eigenvalue weighted by atomic mass is 32.2. The first-order chi connectivity index (χ1) is 14.3. The van der Waals surface area contributed by atoms with Gasteiger partial charge in [0, 0.05) is 33.7 Å². The Morgan fingerprint density at radius 1 is 1.27 bits per heavy atom. The second-order valence-corrected chi connectivity index (χ2v) is 11.0. The van der Waals surface area contributed by atoms with E-state index in [9.17, 15) is 12.8 Å². The molecule has 0 unspecified atom stereocenters. The van der Waals surface area contributed by atoms with Gasteiger partial charge in [0.05, 0.1) is 10.6 Å². The maximum absolute atomic E-state index is 13.3. The molecule has 3 heterocycles. The lowest BCUT2D eigenvalue weighted by Crippen LogP contribution is -2.35. The highest BCUT2D eigenvalue weighted by Gasteiger charge is 2.25. The number of fused-ring (bicyclic) bond motifs is 1. The van der Waals surface area contributed by atoms with E-state index < -0.39 is 10.0 Å². The molecular formula is C21H26FN3O3S2. The molecule has 1 aliphatic heterocycles. The SMILES string of the molecule is Cc1cc(S(=O)(=O)NCCCN2CCC(c3noc4cc(F)ccc34)CC2)c(C)s1. The second-order valence-electron chi connectivity index (χ2n) is 7.85. The van der Waals surface area contributed by atoms with Gasteiger partial charge in [-0.15, -0.1) is 11.3 Å². The number of thiophene rings is 1. The van der Waals surface area contributed by atoms with Crippen molar-refractivity contribution >= 4 is 32.3 Å². The van der Waals surface area contributed by atoms with Crippen LogP contribution in [0.4, 0.5) is 4.39 Å². The van der Waals surface area contributed by atoms with Crippen LogP contribution in [0.2, 0.25) is 0 Å². The Labute approximate surface area is 180 Å². The van der Waals surface area contributed by atoms with Gasteiger partial charge >= 0.3 is 0 Å². The monoisotopic (exact) mass is 451 g/mol. The van der Waals surface area contributed by atoms with Gasteiger partial charge in [0.2, 0.25) is 10.0 Å². The molecule has 0 amide bonds. The van der Waals surface area contributed by atoms with Crippen molar-refractivity contribution in [1.29, 1.82) is 0 Å². The molecule has 3 aromatic rings. The zero-order valence-electron chi connectivity index (χ0n) is 17.2. The van der Waals surface area contributed by atoms with Crippen LogP contribution in [0, 0.1) is 19.7 Å². The smallest absolute Gasteiger partial charge is 0.241 e. The predicted octanol–water partition coefficient (Wildman–Crippen LogP) is 4.19. The maximum atomic E-state index is 13.3. The Morgan fingerprint density at radius 3 is 2.73 bits per heavy atom. The van der Waals surface area contributed by atoms with E-state index in [0.717, 1.165) is 59.7 Å². The van der Waals surface area contributed by atoms with Crippen molar-refractivity contribution in [2.45, 2.75) is 43.9 Å². The molecule has 6 nitrogen and oxygen atoms in total. The largest absolute Gasteiger partial charge is 0.356 e. The number of nitrogens with zero attached hydrogens (tertiary/aromatic N) is 2. The van der Waals surface area contributed by atoms with E-state index in [-0.39, 0.29) is 5.82 Å². The van der Waals surface area contributed by atoms with Crippen LogP contribution < -0.4 is 4.72 Å². The Hall–Kier alpha value is -1.81. The summed E-state index contributed by atoms with van der Waals surface area (Å²) in [7, 11) is -3.44. The molecule has 4 rings (SSSR count). The van der Waals surface area contributed by atoms with Crippen LogP contribution in [0.3, 0.4) is 0 Å². The van der Waals surface area contributed by atoms with Crippen LogP contribution in [0.25, 0.3) is 11.0 Å². The third-order valence-corrected chi connectivity index (χ3v) is 8.35. The molecule has 2 aromatic heterocycles. The first-order valence-corrected chi connectivity index (χ1v) is 12.5. The fraction of sp³-hybridized carbons (Fsp3) is 0.476. The summed E-state index contributed by atoms with van der Waals surface area (Å²) >= 11 is 1.50. The lowest BCUT2D eigenvalue weighted by molar-refractivity contribution is 0.208. The number of sulfonamides is 1. The number of hydrogen-bond acceptors (Lipinski definition) is 6. The number of aromatic nitrogens is 1. The molecule has 1 fully saturated rings. The molecule has 1 aliphatic rings. The van der Waals surface area contributed by atoms with Crippen LogP contribution in [-0.2, 0) is 10.0 Å². The van der Waals surface area contributed by atoms with Crippen molar-refractivity contribution in [3.05, 3.63) is 45.5 Å². The molecule has 0 aliphatic carbocycles. The number of piperidine rings is 1. The number of rotatable bonds is 7. The van der Waals surface area contributed by atoms with Gasteiger partial charge in [0.25, 0.3) is 0 Å². The van der Waals surface area contributed by atoms with Gasteiger partial charge in [0.1, 0.15) is 5.82 Å². The molecule has 0 bridgehead atoms. The van der Waals surface area contributed by atoms with Crippen molar-refractivity contribution in [2.75, 3.05) is 26.2 Å². The average Bonchev–Trinajstić information content (AvgIpc) is 3.28. The third kappa shape index (κ3) is 4.59. The zero-order chi connectivity index (χ0) is 21.3. The first-order valence-electron chi connectivity index (χ1n) is 10.2. The van der Waals surface area contributed by atoms with Crippen molar-refractivity contribution in [1.82, 2.24) is 14.8 Å². The van der Waals surface area contributed by atoms with Gasteiger partial charge in [-0.1, -0.05) is 5.16 Å². The van der Waals surface area contributed by atoms with Gasteiger partial charge in [-0.05, 0) is 70.9 Å². The number of hydrogen-bond donors (Lipinski definition) is 1. The van der Waals surface area contributed by atoms with Crippen LogP contribution in [-0.4, -0.2) is 44.7 Å². The summed E-state index contributed by atoms with van der Waals surface area (Å²) in [6.07, 6.45) is 2.68. The Balaban J connectivity index is 1.25. The summed E-state index contributed by atoms with van der Waals surface area (Å²) < 4.78 is 46.3. The highest BCUT2D eigenvalue weighted by Crippen LogP contribution is 2.32. The number of halogens is 1. The van der Waals surface area contributed by atoms with Crippen molar-refractivity contribution in [3.63, 3.8) is 0 Å². The molecule has 30 heavy (non-hydrogen) atoms. The second kappa shape index (κ2) is 8.74. The van der Waals surface area contributed by atoms with E-state index in [4.69, 9.17) is 4.52 Å². The summed E-state index contributed by atoms with van der Waals surface area (Å²) in [5.74, 6) is -0.0174. The highest BCUT2D eigenvalue weighted by molar-refractivity contribution is 7.89. The average molecular weight is 452 g/mol. The summed E-state index contributed by atoms with van der Waals surface area (Å²) in [4.78, 5) is 4.57. The first kappa shape index (κ1) is 21.4. The third-order valence-electron chi connectivity index (χ3n) is 5.66. The molecule has 162 valence electrons. The summed E-state index contributed by atoms with van der Waals surface area (Å²) in [5, 5.41) is 5.08. The van der Waals surface area contributed by atoms with E-state index in [1.54, 1.807) is 12.1 Å². The zero-order valence-corrected chi connectivity index (χ0v) is 18.8. The lowest BCUT2D eigenvalue weighted by atomic mass is 9.91. The minimum absolute atomic E-state index is 0.302.